The molecular weight excluding hydrogens is 352 g/mol. The third-order valence-corrected chi connectivity index (χ3v) is 5.18. The molecule has 0 N–H and O–H groups in total. The number of amides is 1. The van der Waals surface area contributed by atoms with Crippen molar-refractivity contribution in [3.63, 3.8) is 0 Å². The molecule has 1 amide bonds. The van der Waals surface area contributed by atoms with Crippen LogP contribution in [0.3, 0.4) is 0 Å². The second-order valence-electron chi connectivity index (χ2n) is 6.88. The molecule has 1 aliphatic heterocycles. The monoisotopic (exact) mass is 370 g/mol. The molecule has 5 rings (SSSR count). The maximum absolute atomic E-state index is 13.0. The lowest BCUT2D eigenvalue weighted by molar-refractivity contribution is 0.0732. The van der Waals surface area contributed by atoms with E-state index in [0.29, 0.717) is 29.7 Å². The van der Waals surface area contributed by atoms with E-state index >= 15 is 0 Å². The second kappa shape index (κ2) is 6.49. The summed E-state index contributed by atoms with van der Waals surface area (Å²) in [4.78, 5) is 32.1. The normalized spacial score (nSPS) is 13.5. The molecule has 0 radical (unpaired) electrons. The number of hydrogen-bond donors (Lipinski definition) is 0. The van der Waals surface area contributed by atoms with Gasteiger partial charge in [-0.3, -0.25) is 14.0 Å². The van der Waals surface area contributed by atoms with Crippen molar-refractivity contribution in [3.8, 4) is 5.69 Å². The van der Waals surface area contributed by atoms with E-state index < -0.39 is 0 Å². The molecule has 6 heteroatoms. The molecule has 0 atom stereocenters. The molecule has 0 spiro atoms. The lowest BCUT2D eigenvalue weighted by atomic mass is 10.1. The number of nitrogens with zero attached hydrogens (tertiary/aromatic N) is 4. The van der Waals surface area contributed by atoms with Crippen LogP contribution >= 0.6 is 0 Å². The molecule has 138 valence electrons. The number of carbonyl (C=O) groups excluding carboxylic acids is 1. The summed E-state index contributed by atoms with van der Waals surface area (Å²) in [5.74, 6) is -0.0673. The Bertz CT molecular complexity index is 1220. The molecule has 0 saturated heterocycles. The maximum Gasteiger partial charge on any atom is 0.263 e. The summed E-state index contributed by atoms with van der Waals surface area (Å²) < 4.78 is 3.53. The summed E-state index contributed by atoms with van der Waals surface area (Å²) in [7, 11) is 0. The average molecular weight is 370 g/mol. The van der Waals surface area contributed by atoms with Crippen LogP contribution in [-0.4, -0.2) is 31.3 Å². The number of fused-ring (bicyclic) bond motifs is 2. The van der Waals surface area contributed by atoms with Gasteiger partial charge in [0, 0.05) is 42.8 Å². The van der Waals surface area contributed by atoms with Crippen molar-refractivity contribution < 1.29 is 4.79 Å². The Hall–Kier alpha value is -3.67. The van der Waals surface area contributed by atoms with Crippen LogP contribution in [0.1, 0.15) is 21.6 Å². The standard InChI is InChI=1S/C22H18N4O2/c27-21(16-6-8-17(9-7-16)24-11-3-4-12-24)25-14-10-19-18(15-25)22(28)26-13-2-1-5-20(26)23-19/h1-9,11-13H,10,14-15H2. The van der Waals surface area contributed by atoms with Crippen molar-refractivity contribution in [2.75, 3.05) is 6.54 Å². The van der Waals surface area contributed by atoms with Gasteiger partial charge in [0.05, 0.1) is 17.8 Å². The number of aromatic nitrogens is 3. The van der Waals surface area contributed by atoms with Crippen molar-refractivity contribution in [3.05, 3.63) is 100 Å². The largest absolute Gasteiger partial charge is 0.334 e. The van der Waals surface area contributed by atoms with Crippen LogP contribution in [0, 0.1) is 0 Å². The molecule has 4 heterocycles. The first kappa shape index (κ1) is 16.5. The van der Waals surface area contributed by atoms with Crippen LogP contribution in [-0.2, 0) is 13.0 Å². The zero-order valence-corrected chi connectivity index (χ0v) is 15.2. The fourth-order valence-corrected chi connectivity index (χ4v) is 3.69. The Balaban J connectivity index is 1.43. The van der Waals surface area contributed by atoms with E-state index in [0.717, 1.165) is 11.4 Å². The Morgan fingerprint density at radius 3 is 2.46 bits per heavy atom. The number of rotatable bonds is 2. The van der Waals surface area contributed by atoms with Crippen molar-refractivity contribution in [2.45, 2.75) is 13.0 Å². The predicted molar refractivity (Wildman–Crippen MR) is 106 cm³/mol. The first-order valence-electron chi connectivity index (χ1n) is 9.22. The molecule has 1 aliphatic rings. The van der Waals surface area contributed by atoms with E-state index in [9.17, 15) is 9.59 Å². The Morgan fingerprint density at radius 1 is 0.929 bits per heavy atom. The minimum absolute atomic E-state index is 0.0673. The molecule has 0 bridgehead atoms. The fourth-order valence-electron chi connectivity index (χ4n) is 3.69. The van der Waals surface area contributed by atoms with Crippen molar-refractivity contribution in [1.82, 2.24) is 18.9 Å². The lowest BCUT2D eigenvalue weighted by Crippen LogP contribution is -2.40. The van der Waals surface area contributed by atoms with Gasteiger partial charge in [-0.2, -0.15) is 0 Å². The molecule has 6 nitrogen and oxygen atoms in total. The summed E-state index contributed by atoms with van der Waals surface area (Å²) >= 11 is 0. The van der Waals surface area contributed by atoms with Crippen LogP contribution < -0.4 is 5.56 Å². The van der Waals surface area contributed by atoms with Crippen molar-refractivity contribution >= 4 is 11.6 Å². The van der Waals surface area contributed by atoms with Crippen LogP contribution in [0.4, 0.5) is 0 Å². The Labute approximate surface area is 161 Å². The molecule has 3 aromatic heterocycles. The van der Waals surface area contributed by atoms with Gasteiger partial charge in [0.1, 0.15) is 5.65 Å². The highest BCUT2D eigenvalue weighted by molar-refractivity contribution is 5.94. The van der Waals surface area contributed by atoms with Gasteiger partial charge < -0.3 is 9.47 Å². The number of carbonyl (C=O) groups is 1. The van der Waals surface area contributed by atoms with E-state index in [-0.39, 0.29) is 18.0 Å². The fraction of sp³-hybridized carbons (Fsp3) is 0.136. The predicted octanol–water partition coefficient (Wildman–Crippen LogP) is 2.68. The summed E-state index contributed by atoms with van der Waals surface area (Å²) in [5, 5.41) is 0. The smallest absolute Gasteiger partial charge is 0.263 e. The highest BCUT2D eigenvalue weighted by Gasteiger charge is 2.25. The van der Waals surface area contributed by atoms with Crippen LogP contribution in [0.2, 0.25) is 0 Å². The minimum Gasteiger partial charge on any atom is -0.334 e. The van der Waals surface area contributed by atoms with E-state index in [1.165, 1.54) is 0 Å². The van der Waals surface area contributed by atoms with E-state index in [1.807, 2.05) is 65.5 Å². The molecule has 0 saturated carbocycles. The molecule has 0 unspecified atom stereocenters. The van der Waals surface area contributed by atoms with Crippen LogP contribution in [0.25, 0.3) is 11.3 Å². The SMILES string of the molecule is O=C(c1ccc(-n2cccc2)cc1)N1CCc2nc3ccccn3c(=O)c2C1. The van der Waals surface area contributed by atoms with Crippen molar-refractivity contribution in [2.24, 2.45) is 0 Å². The van der Waals surface area contributed by atoms with E-state index in [2.05, 4.69) is 4.98 Å². The number of pyridine rings is 1. The van der Waals surface area contributed by atoms with Gasteiger partial charge >= 0.3 is 0 Å². The average Bonchev–Trinajstić information content (AvgIpc) is 3.28. The molecule has 0 aliphatic carbocycles. The molecule has 4 aromatic rings. The Kier molecular flexibility index (Phi) is 3.83. The highest BCUT2D eigenvalue weighted by Crippen LogP contribution is 2.18. The summed E-state index contributed by atoms with van der Waals surface area (Å²) in [6.45, 7) is 0.845. The summed E-state index contributed by atoms with van der Waals surface area (Å²) in [6.07, 6.45) is 6.22. The summed E-state index contributed by atoms with van der Waals surface area (Å²) in [5.41, 5.74) is 3.57. The molecular formula is C22H18N4O2. The molecule has 1 aromatic carbocycles. The van der Waals surface area contributed by atoms with E-state index in [1.54, 1.807) is 21.6 Å². The maximum atomic E-state index is 13.0. The van der Waals surface area contributed by atoms with E-state index in [4.69, 9.17) is 0 Å². The third-order valence-electron chi connectivity index (χ3n) is 5.18. The van der Waals surface area contributed by atoms with Gasteiger partial charge in [0.25, 0.3) is 11.5 Å². The first-order chi connectivity index (χ1) is 13.7. The molecule has 0 fully saturated rings. The highest BCUT2D eigenvalue weighted by atomic mass is 16.2. The van der Waals surface area contributed by atoms with Gasteiger partial charge in [-0.15, -0.1) is 0 Å². The van der Waals surface area contributed by atoms with Gasteiger partial charge in [-0.25, -0.2) is 4.98 Å². The van der Waals surface area contributed by atoms with Crippen LogP contribution in [0.15, 0.2) is 78.0 Å². The lowest BCUT2D eigenvalue weighted by Gasteiger charge is -2.28. The second-order valence-corrected chi connectivity index (χ2v) is 6.88. The third kappa shape index (κ3) is 2.70. The minimum atomic E-state index is -0.0962. The van der Waals surface area contributed by atoms with Gasteiger partial charge in [0.15, 0.2) is 0 Å². The quantitative estimate of drug-likeness (QED) is 0.545. The topological polar surface area (TPSA) is 59.6 Å². The summed E-state index contributed by atoms with van der Waals surface area (Å²) in [6, 6.07) is 16.9. The number of benzene rings is 1. The Morgan fingerprint density at radius 2 is 1.68 bits per heavy atom. The zero-order chi connectivity index (χ0) is 19.1. The molecule has 28 heavy (non-hydrogen) atoms. The van der Waals surface area contributed by atoms with Crippen LogP contribution in [0.5, 0.6) is 0 Å². The number of hydrogen-bond acceptors (Lipinski definition) is 3. The van der Waals surface area contributed by atoms with Gasteiger partial charge in [0.2, 0.25) is 0 Å². The van der Waals surface area contributed by atoms with Gasteiger partial charge in [-0.1, -0.05) is 6.07 Å². The van der Waals surface area contributed by atoms with Crippen molar-refractivity contribution in [1.29, 1.82) is 0 Å². The zero-order valence-electron chi connectivity index (χ0n) is 15.2. The first-order valence-corrected chi connectivity index (χ1v) is 9.22. The van der Waals surface area contributed by atoms with Gasteiger partial charge in [-0.05, 0) is 48.5 Å².